The van der Waals surface area contributed by atoms with Gasteiger partial charge in [0.15, 0.2) is 0 Å². The molecule has 0 heterocycles. The summed E-state index contributed by atoms with van der Waals surface area (Å²) in [6.07, 6.45) is 8.03. The van der Waals surface area contributed by atoms with Gasteiger partial charge in [-0.05, 0) is 97.7 Å². The van der Waals surface area contributed by atoms with Crippen molar-refractivity contribution in [2.45, 2.75) is 65.0 Å². The highest BCUT2D eigenvalue weighted by atomic mass is 32.2. The third-order valence-electron chi connectivity index (χ3n) is 7.24. The number of hydrogen-bond donors (Lipinski definition) is 2. The summed E-state index contributed by atoms with van der Waals surface area (Å²) in [6, 6.07) is 23.8. The molecule has 2 N–H and O–H groups in total. The van der Waals surface area contributed by atoms with E-state index >= 15 is 0 Å². The van der Waals surface area contributed by atoms with Crippen LogP contribution >= 0.6 is 11.8 Å². The summed E-state index contributed by atoms with van der Waals surface area (Å²) in [6.45, 7) is 7.14. The van der Waals surface area contributed by atoms with E-state index in [2.05, 4.69) is 53.5 Å². The van der Waals surface area contributed by atoms with Crippen molar-refractivity contribution in [2.75, 3.05) is 25.1 Å². The van der Waals surface area contributed by atoms with Gasteiger partial charge in [0, 0.05) is 12.1 Å². The average molecular weight is 561 g/mol. The number of carbonyl (C=O) groups excluding carboxylic acids is 1. The molecule has 1 amide bonds. The van der Waals surface area contributed by atoms with Gasteiger partial charge in [-0.15, -0.1) is 0 Å². The molecule has 0 aliphatic rings. The van der Waals surface area contributed by atoms with Gasteiger partial charge in [0.25, 0.3) is 5.91 Å². The Morgan fingerprint density at radius 2 is 1.62 bits per heavy atom. The highest BCUT2D eigenvalue weighted by Gasteiger charge is 2.23. The number of benzene rings is 3. The summed E-state index contributed by atoms with van der Waals surface area (Å²) in [5, 5.41) is 12.4. The first-order valence-electron chi connectivity index (χ1n) is 14.4. The van der Waals surface area contributed by atoms with Gasteiger partial charge in [-0.3, -0.25) is 9.69 Å². The third-order valence-corrected chi connectivity index (χ3v) is 7.89. The number of thioether (sulfide) groups is 1. The second-order valence-electron chi connectivity index (χ2n) is 10.4. The van der Waals surface area contributed by atoms with Crippen molar-refractivity contribution in [3.63, 3.8) is 0 Å². The minimum Gasteiger partial charge on any atom is -0.480 e. The topological polar surface area (TPSA) is 69.6 Å². The van der Waals surface area contributed by atoms with Gasteiger partial charge in [0.1, 0.15) is 6.04 Å². The lowest BCUT2D eigenvalue weighted by Crippen LogP contribution is -2.41. The Kier molecular flexibility index (Phi) is 13.3. The molecule has 5 nitrogen and oxygen atoms in total. The highest BCUT2D eigenvalue weighted by Crippen LogP contribution is 2.29. The van der Waals surface area contributed by atoms with Crippen LogP contribution < -0.4 is 5.32 Å². The average Bonchev–Trinajstić information content (AvgIpc) is 2.95. The number of aliphatic carboxylic acids is 1. The first-order valence-corrected chi connectivity index (χ1v) is 15.8. The molecule has 0 saturated carbocycles. The van der Waals surface area contributed by atoms with E-state index in [-0.39, 0.29) is 5.91 Å². The van der Waals surface area contributed by atoms with Crippen molar-refractivity contribution in [3.05, 3.63) is 95.1 Å². The molecular weight excluding hydrogens is 516 g/mol. The van der Waals surface area contributed by atoms with Crippen molar-refractivity contribution in [3.8, 4) is 11.1 Å². The third kappa shape index (κ3) is 9.83. The van der Waals surface area contributed by atoms with Crippen LogP contribution in [-0.4, -0.2) is 53.0 Å². The van der Waals surface area contributed by atoms with E-state index in [1.165, 1.54) is 24.8 Å². The molecule has 0 fully saturated rings. The van der Waals surface area contributed by atoms with E-state index in [4.69, 9.17) is 0 Å². The van der Waals surface area contributed by atoms with Gasteiger partial charge >= 0.3 is 5.97 Å². The Morgan fingerprint density at radius 1 is 0.900 bits per heavy atom. The lowest BCUT2D eigenvalue weighted by Gasteiger charge is -2.24. The van der Waals surface area contributed by atoms with Gasteiger partial charge in [-0.1, -0.05) is 80.4 Å². The molecule has 3 aromatic rings. The fraction of sp³-hybridized carbons (Fsp3) is 0.412. The zero-order chi connectivity index (χ0) is 28.7. The number of aryl methyl sites for hydroxylation is 2. The number of hydrogen-bond acceptors (Lipinski definition) is 4. The van der Waals surface area contributed by atoms with Crippen LogP contribution in [-0.2, 0) is 17.8 Å². The zero-order valence-corrected chi connectivity index (χ0v) is 25.0. The van der Waals surface area contributed by atoms with Crippen molar-refractivity contribution in [1.29, 1.82) is 0 Å². The van der Waals surface area contributed by atoms with Gasteiger partial charge in [-0.2, -0.15) is 11.8 Å². The normalized spacial score (nSPS) is 11.9. The molecule has 0 aliphatic heterocycles. The second-order valence-corrected chi connectivity index (χ2v) is 11.4. The van der Waals surface area contributed by atoms with Crippen LogP contribution in [0.15, 0.2) is 72.8 Å². The Labute approximate surface area is 244 Å². The van der Waals surface area contributed by atoms with E-state index in [9.17, 15) is 14.7 Å². The Bertz CT molecular complexity index is 1210. The van der Waals surface area contributed by atoms with Crippen molar-refractivity contribution in [1.82, 2.24) is 10.2 Å². The standard InChI is InChI=1S/C34H44N2O3S/c1-4-5-11-21-36(22-12-16-27-14-7-6-8-15-27)25-28-18-19-30(31(24-28)29-17-10-9-13-26(29)2)33(37)35-32(34(38)39)20-23-40-3/h6-10,13-15,17-19,24,32H,4-5,11-12,16,20-23,25H2,1-3H3,(H,35,37)(H,38,39). The summed E-state index contributed by atoms with van der Waals surface area (Å²) >= 11 is 1.57. The fourth-order valence-electron chi connectivity index (χ4n) is 4.98. The molecule has 3 rings (SSSR count). The number of carbonyl (C=O) groups is 2. The summed E-state index contributed by atoms with van der Waals surface area (Å²) in [7, 11) is 0. The van der Waals surface area contributed by atoms with Crippen molar-refractivity contribution >= 4 is 23.6 Å². The lowest BCUT2D eigenvalue weighted by molar-refractivity contribution is -0.139. The summed E-state index contributed by atoms with van der Waals surface area (Å²) in [5.74, 6) is -0.686. The van der Waals surface area contributed by atoms with Crippen molar-refractivity contribution < 1.29 is 14.7 Å². The molecule has 0 saturated heterocycles. The van der Waals surface area contributed by atoms with Crippen LogP contribution in [0.5, 0.6) is 0 Å². The number of carboxylic acids is 1. The lowest BCUT2D eigenvalue weighted by atomic mass is 9.93. The van der Waals surface area contributed by atoms with Crippen LogP contribution in [0.3, 0.4) is 0 Å². The number of rotatable bonds is 17. The van der Waals surface area contributed by atoms with E-state index < -0.39 is 12.0 Å². The molecule has 0 aromatic heterocycles. The molecule has 0 aliphatic carbocycles. The van der Waals surface area contributed by atoms with Crippen LogP contribution in [0.1, 0.15) is 66.1 Å². The molecule has 40 heavy (non-hydrogen) atoms. The fourth-order valence-corrected chi connectivity index (χ4v) is 5.45. The quantitative estimate of drug-likeness (QED) is 0.171. The Morgan fingerprint density at radius 3 is 2.33 bits per heavy atom. The zero-order valence-electron chi connectivity index (χ0n) is 24.2. The number of nitrogens with zero attached hydrogens (tertiary/aromatic N) is 1. The van der Waals surface area contributed by atoms with E-state index in [0.29, 0.717) is 17.7 Å². The van der Waals surface area contributed by atoms with Gasteiger partial charge in [-0.25, -0.2) is 4.79 Å². The Balaban J connectivity index is 1.85. The summed E-state index contributed by atoms with van der Waals surface area (Å²) < 4.78 is 0. The van der Waals surface area contributed by atoms with E-state index in [1.54, 1.807) is 11.8 Å². The molecule has 1 unspecified atom stereocenters. The number of carboxylic acid groups (broad SMARTS) is 1. The minimum absolute atomic E-state index is 0.346. The first kappa shape index (κ1) is 31.4. The predicted molar refractivity (Wildman–Crippen MR) is 168 cm³/mol. The molecule has 0 radical (unpaired) electrons. The molecule has 214 valence electrons. The Hall–Kier alpha value is -3.09. The minimum atomic E-state index is -1.00. The van der Waals surface area contributed by atoms with Gasteiger partial charge in [0.2, 0.25) is 0 Å². The maximum absolute atomic E-state index is 13.4. The van der Waals surface area contributed by atoms with Crippen LogP contribution in [0, 0.1) is 6.92 Å². The highest BCUT2D eigenvalue weighted by molar-refractivity contribution is 7.98. The largest absolute Gasteiger partial charge is 0.480 e. The van der Waals surface area contributed by atoms with Crippen LogP contribution in [0.4, 0.5) is 0 Å². The van der Waals surface area contributed by atoms with Gasteiger partial charge in [0.05, 0.1) is 0 Å². The summed E-state index contributed by atoms with van der Waals surface area (Å²) in [5.41, 5.74) is 5.95. The number of unbranched alkanes of at least 4 members (excludes halogenated alkanes) is 2. The predicted octanol–water partition coefficient (Wildman–Crippen LogP) is 7.22. The molecule has 0 spiro atoms. The number of nitrogens with one attached hydrogen (secondary N) is 1. The molecule has 6 heteroatoms. The van der Waals surface area contributed by atoms with Crippen molar-refractivity contribution in [2.24, 2.45) is 0 Å². The van der Waals surface area contributed by atoms with E-state index in [0.717, 1.165) is 54.7 Å². The molecular formula is C34H44N2O3S. The van der Waals surface area contributed by atoms with E-state index in [1.807, 2.05) is 49.6 Å². The van der Waals surface area contributed by atoms with Crippen LogP contribution in [0.2, 0.25) is 0 Å². The monoisotopic (exact) mass is 560 g/mol. The van der Waals surface area contributed by atoms with Gasteiger partial charge < -0.3 is 10.4 Å². The maximum Gasteiger partial charge on any atom is 0.326 e. The smallest absolute Gasteiger partial charge is 0.326 e. The maximum atomic E-state index is 13.4. The SMILES string of the molecule is CCCCCN(CCCc1ccccc1)Cc1ccc(C(=O)NC(CCSC)C(=O)O)c(-c2ccccc2C)c1. The molecule has 3 aromatic carbocycles. The van der Waals surface area contributed by atoms with Crippen LogP contribution in [0.25, 0.3) is 11.1 Å². The molecule has 0 bridgehead atoms. The second kappa shape index (κ2) is 16.9. The first-order chi connectivity index (χ1) is 19.4. The molecule has 1 atom stereocenters. The number of amides is 1. The summed E-state index contributed by atoms with van der Waals surface area (Å²) in [4.78, 5) is 27.8.